The number of aromatic nitrogens is 4. The highest BCUT2D eigenvalue weighted by molar-refractivity contribution is 5.84. The quantitative estimate of drug-likeness (QED) is 0.598. The average Bonchev–Trinajstić information content (AvgIpc) is 3.09. The maximum absolute atomic E-state index is 4.68. The molecule has 23 heavy (non-hydrogen) atoms. The molecule has 0 atom stereocenters. The second-order valence-corrected chi connectivity index (χ2v) is 4.97. The highest BCUT2D eigenvalue weighted by Crippen LogP contribution is 2.23. The molecule has 4 rings (SSSR count). The van der Waals surface area contributed by atoms with E-state index in [9.17, 15) is 0 Å². The molecule has 0 aliphatic carbocycles. The SMILES string of the molecule is CC.Cc1ccc2nc(Nc3ccccc3)c3nncn3c2c1. The van der Waals surface area contributed by atoms with Crippen molar-refractivity contribution in [2.45, 2.75) is 20.8 Å². The van der Waals surface area contributed by atoms with E-state index < -0.39 is 0 Å². The first kappa shape index (κ1) is 15.0. The first-order chi connectivity index (χ1) is 11.3. The van der Waals surface area contributed by atoms with Crippen molar-refractivity contribution in [1.29, 1.82) is 0 Å². The standard InChI is InChI=1S/C16H13N5.C2H6/c1-11-7-8-13-14(9-11)21-10-17-20-16(21)15(19-13)18-12-5-3-2-4-6-12;1-2/h2-10H,1H3,(H,18,19);1-2H3. The predicted molar refractivity (Wildman–Crippen MR) is 94.1 cm³/mol. The van der Waals surface area contributed by atoms with Crippen LogP contribution in [0.5, 0.6) is 0 Å². The normalized spacial score (nSPS) is 10.4. The maximum Gasteiger partial charge on any atom is 0.204 e. The van der Waals surface area contributed by atoms with Gasteiger partial charge in [0.25, 0.3) is 0 Å². The molecular formula is C18H19N5. The molecule has 0 saturated heterocycles. The fourth-order valence-corrected chi connectivity index (χ4v) is 2.41. The van der Waals surface area contributed by atoms with Gasteiger partial charge in [-0.25, -0.2) is 4.98 Å². The first-order valence-electron chi connectivity index (χ1n) is 7.73. The summed E-state index contributed by atoms with van der Waals surface area (Å²) in [6, 6.07) is 16.1. The summed E-state index contributed by atoms with van der Waals surface area (Å²) in [7, 11) is 0. The lowest BCUT2D eigenvalue weighted by Gasteiger charge is -2.09. The zero-order valence-corrected chi connectivity index (χ0v) is 13.5. The molecule has 5 nitrogen and oxygen atoms in total. The lowest BCUT2D eigenvalue weighted by atomic mass is 10.2. The highest BCUT2D eigenvalue weighted by atomic mass is 15.3. The number of hydrogen-bond donors (Lipinski definition) is 1. The summed E-state index contributed by atoms with van der Waals surface area (Å²) >= 11 is 0. The van der Waals surface area contributed by atoms with Crippen LogP contribution >= 0.6 is 0 Å². The molecule has 2 heterocycles. The molecule has 0 aliphatic heterocycles. The molecule has 2 aromatic heterocycles. The van der Waals surface area contributed by atoms with Gasteiger partial charge in [-0.15, -0.1) is 10.2 Å². The Kier molecular flexibility index (Phi) is 4.19. The molecule has 1 N–H and O–H groups in total. The van der Waals surface area contributed by atoms with Gasteiger partial charge in [0, 0.05) is 5.69 Å². The predicted octanol–water partition coefficient (Wildman–Crippen LogP) is 4.36. The van der Waals surface area contributed by atoms with Crippen LogP contribution in [-0.4, -0.2) is 19.6 Å². The largest absolute Gasteiger partial charge is 0.337 e. The third kappa shape index (κ3) is 2.85. The van der Waals surface area contributed by atoms with Gasteiger partial charge in [0.05, 0.1) is 11.0 Å². The van der Waals surface area contributed by atoms with Gasteiger partial charge >= 0.3 is 0 Å². The number of para-hydroxylation sites is 1. The third-order valence-corrected chi connectivity index (χ3v) is 3.42. The van der Waals surface area contributed by atoms with Crippen molar-refractivity contribution in [2.75, 3.05) is 5.32 Å². The summed E-state index contributed by atoms with van der Waals surface area (Å²) in [5.41, 5.74) is 4.79. The van der Waals surface area contributed by atoms with Gasteiger partial charge in [-0.1, -0.05) is 38.1 Å². The minimum Gasteiger partial charge on any atom is -0.337 e. The van der Waals surface area contributed by atoms with Crippen molar-refractivity contribution < 1.29 is 0 Å². The topological polar surface area (TPSA) is 55.1 Å². The Labute approximate surface area is 135 Å². The molecule has 0 aliphatic rings. The molecule has 2 aromatic carbocycles. The number of aryl methyl sites for hydroxylation is 1. The third-order valence-electron chi connectivity index (χ3n) is 3.42. The average molecular weight is 305 g/mol. The van der Waals surface area contributed by atoms with Crippen LogP contribution in [0.25, 0.3) is 16.7 Å². The Morgan fingerprint density at radius 1 is 1.00 bits per heavy atom. The van der Waals surface area contributed by atoms with Gasteiger partial charge in [-0.05, 0) is 36.8 Å². The van der Waals surface area contributed by atoms with Gasteiger partial charge in [0.15, 0.2) is 5.82 Å². The van der Waals surface area contributed by atoms with E-state index in [1.54, 1.807) is 6.33 Å². The second kappa shape index (κ2) is 6.44. The van der Waals surface area contributed by atoms with Crippen molar-refractivity contribution in [3.05, 3.63) is 60.4 Å². The van der Waals surface area contributed by atoms with Crippen LogP contribution in [0.4, 0.5) is 11.5 Å². The Balaban J connectivity index is 0.000000753. The molecule has 0 spiro atoms. The smallest absolute Gasteiger partial charge is 0.204 e. The maximum atomic E-state index is 4.68. The summed E-state index contributed by atoms with van der Waals surface area (Å²) in [6.45, 7) is 6.06. The Hall–Kier alpha value is -2.95. The fraction of sp³-hybridized carbons (Fsp3) is 0.167. The molecule has 0 unspecified atom stereocenters. The van der Waals surface area contributed by atoms with Crippen molar-refractivity contribution >= 4 is 28.2 Å². The Morgan fingerprint density at radius 3 is 2.57 bits per heavy atom. The molecule has 5 heteroatoms. The van der Waals surface area contributed by atoms with Crippen LogP contribution in [-0.2, 0) is 0 Å². The Morgan fingerprint density at radius 2 is 1.78 bits per heavy atom. The molecule has 0 saturated carbocycles. The molecule has 0 radical (unpaired) electrons. The molecule has 116 valence electrons. The number of hydrogen-bond acceptors (Lipinski definition) is 4. The van der Waals surface area contributed by atoms with E-state index in [0.29, 0.717) is 5.82 Å². The van der Waals surface area contributed by atoms with Crippen molar-refractivity contribution in [3.63, 3.8) is 0 Å². The monoisotopic (exact) mass is 305 g/mol. The van der Waals surface area contributed by atoms with Gasteiger partial charge in [-0.3, -0.25) is 4.40 Å². The van der Waals surface area contributed by atoms with Crippen LogP contribution in [0.2, 0.25) is 0 Å². The molecule has 0 fully saturated rings. The summed E-state index contributed by atoms with van der Waals surface area (Å²) in [4.78, 5) is 4.68. The summed E-state index contributed by atoms with van der Waals surface area (Å²) in [5, 5.41) is 11.5. The summed E-state index contributed by atoms with van der Waals surface area (Å²) < 4.78 is 1.96. The van der Waals surface area contributed by atoms with E-state index in [2.05, 4.69) is 39.6 Å². The van der Waals surface area contributed by atoms with E-state index in [0.717, 1.165) is 22.4 Å². The van der Waals surface area contributed by atoms with Gasteiger partial charge in [-0.2, -0.15) is 0 Å². The van der Waals surface area contributed by atoms with E-state index in [1.807, 2.05) is 54.6 Å². The number of rotatable bonds is 2. The number of fused-ring (bicyclic) bond motifs is 3. The van der Waals surface area contributed by atoms with Crippen LogP contribution in [0.3, 0.4) is 0 Å². The number of nitrogens with zero attached hydrogens (tertiary/aromatic N) is 4. The molecule has 4 aromatic rings. The van der Waals surface area contributed by atoms with Gasteiger partial charge in [0.2, 0.25) is 5.65 Å². The first-order valence-corrected chi connectivity index (χ1v) is 7.73. The van der Waals surface area contributed by atoms with Crippen molar-refractivity contribution in [3.8, 4) is 0 Å². The molecule has 0 bridgehead atoms. The summed E-state index contributed by atoms with van der Waals surface area (Å²) in [5.74, 6) is 0.704. The minimum atomic E-state index is 0.704. The second-order valence-electron chi connectivity index (χ2n) is 4.97. The zero-order chi connectivity index (χ0) is 16.2. The van der Waals surface area contributed by atoms with Crippen LogP contribution < -0.4 is 5.32 Å². The van der Waals surface area contributed by atoms with Gasteiger partial charge in [0.1, 0.15) is 6.33 Å². The van der Waals surface area contributed by atoms with Crippen LogP contribution in [0.15, 0.2) is 54.9 Å². The number of anilines is 2. The van der Waals surface area contributed by atoms with E-state index in [4.69, 9.17) is 0 Å². The van der Waals surface area contributed by atoms with E-state index in [-0.39, 0.29) is 0 Å². The van der Waals surface area contributed by atoms with Crippen molar-refractivity contribution in [1.82, 2.24) is 19.6 Å². The van der Waals surface area contributed by atoms with Crippen molar-refractivity contribution in [2.24, 2.45) is 0 Å². The lowest BCUT2D eigenvalue weighted by Crippen LogP contribution is -2.00. The summed E-state index contributed by atoms with van der Waals surface area (Å²) in [6.07, 6.45) is 1.72. The number of benzene rings is 2. The minimum absolute atomic E-state index is 0.704. The lowest BCUT2D eigenvalue weighted by molar-refractivity contribution is 1.11. The van der Waals surface area contributed by atoms with Crippen LogP contribution in [0.1, 0.15) is 19.4 Å². The Bertz CT molecular complexity index is 928. The van der Waals surface area contributed by atoms with Crippen LogP contribution in [0, 0.1) is 6.92 Å². The highest BCUT2D eigenvalue weighted by Gasteiger charge is 2.10. The van der Waals surface area contributed by atoms with E-state index in [1.165, 1.54) is 5.56 Å². The zero-order valence-electron chi connectivity index (χ0n) is 13.5. The van der Waals surface area contributed by atoms with Gasteiger partial charge < -0.3 is 5.32 Å². The van der Waals surface area contributed by atoms with E-state index >= 15 is 0 Å². The molecular weight excluding hydrogens is 286 g/mol. The molecule has 0 amide bonds. The fourth-order valence-electron chi connectivity index (χ4n) is 2.41. The number of nitrogens with one attached hydrogen (secondary N) is 1.